The summed E-state index contributed by atoms with van der Waals surface area (Å²) in [6, 6.07) is 10.6. The minimum Gasteiger partial charge on any atom is -0.383 e. The summed E-state index contributed by atoms with van der Waals surface area (Å²) in [5.74, 6) is 0. The second-order valence-electron chi connectivity index (χ2n) is 8.51. The van der Waals surface area contributed by atoms with Gasteiger partial charge in [-0.25, -0.2) is 4.79 Å². The molecule has 2 aliphatic heterocycles. The van der Waals surface area contributed by atoms with Gasteiger partial charge in [0.25, 0.3) is 0 Å². The molecule has 5 nitrogen and oxygen atoms in total. The first-order valence-corrected chi connectivity index (χ1v) is 10.5. The van der Waals surface area contributed by atoms with E-state index in [-0.39, 0.29) is 12.1 Å². The van der Waals surface area contributed by atoms with Gasteiger partial charge in [0.1, 0.15) is 0 Å². The maximum Gasteiger partial charge on any atom is 0.317 e. The third-order valence-corrected chi connectivity index (χ3v) is 6.96. The Morgan fingerprint density at radius 3 is 2.59 bits per heavy atom. The van der Waals surface area contributed by atoms with E-state index in [9.17, 15) is 4.79 Å². The van der Waals surface area contributed by atoms with Crippen molar-refractivity contribution in [3.63, 3.8) is 0 Å². The van der Waals surface area contributed by atoms with Crippen LogP contribution in [0.15, 0.2) is 24.3 Å². The van der Waals surface area contributed by atoms with Crippen molar-refractivity contribution in [3.8, 4) is 0 Å². The molecule has 5 heteroatoms. The average molecular weight is 372 g/mol. The predicted molar refractivity (Wildman–Crippen MR) is 107 cm³/mol. The lowest BCUT2D eigenvalue weighted by atomic mass is 9.88. The Balaban J connectivity index is 1.31. The average Bonchev–Trinajstić information content (AvgIpc) is 2.92. The number of nitrogens with one attached hydrogen (secondary N) is 1. The zero-order chi connectivity index (χ0) is 18.8. The number of urea groups is 1. The molecule has 1 aliphatic carbocycles. The van der Waals surface area contributed by atoms with E-state index in [0.29, 0.717) is 18.1 Å². The maximum absolute atomic E-state index is 12.9. The molecule has 3 unspecified atom stereocenters. The van der Waals surface area contributed by atoms with E-state index in [2.05, 4.69) is 34.5 Å². The van der Waals surface area contributed by atoms with E-state index in [1.54, 1.807) is 7.11 Å². The lowest BCUT2D eigenvalue weighted by molar-refractivity contribution is 0.0569. The number of methoxy groups -OCH3 is 1. The van der Waals surface area contributed by atoms with E-state index in [1.165, 1.54) is 24.0 Å². The van der Waals surface area contributed by atoms with Crippen molar-refractivity contribution in [1.29, 1.82) is 0 Å². The van der Waals surface area contributed by atoms with Gasteiger partial charge in [0.05, 0.1) is 6.61 Å². The van der Waals surface area contributed by atoms with Crippen LogP contribution < -0.4 is 5.32 Å². The SMILES string of the molecule is COCCN1C2CCC1CC(N(C)C(=O)NC1CCc3ccccc3C1)C2. The summed E-state index contributed by atoms with van der Waals surface area (Å²) in [5.41, 5.74) is 2.83. The summed E-state index contributed by atoms with van der Waals surface area (Å²) in [4.78, 5) is 17.5. The number of carbonyl (C=O) groups excluding carboxylic acids is 1. The summed E-state index contributed by atoms with van der Waals surface area (Å²) in [5, 5.41) is 3.31. The molecule has 2 bridgehead atoms. The number of ether oxygens (including phenoxy) is 1. The van der Waals surface area contributed by atoms with Crippen molar-refractivity contribution < 1.29 is 9.53 Å². The Hall–Kier alpha value is -1.59. The highest BCUT2D eigenvalue weighted by Gasteiger charge is 2.42. The minimum absolute atomic E-state index is 0.106. The van der Waals surface area contributed by atoms with E-state index in [1.807, 2.05) is 11.9 Å². The van der Waals surface area contributed by atoms with Crippen LogP contribution in [0.2, 0.25) is 0 Å². The first kappa shape index (κ1) is 18.8. The second-order valence-corrected chi connectivity index (χ2v) is 8.51. The molecule has 0 spiro atoms. The highest BCUT2D eigenvalue weighted by Crippen LogP contribution is 2.37. The van der Waals surface area contributed by atoms with Gasteiger partial charge < -0.3 is 15.0 Å². The monoisotopic (exact) mass is 371 g/mol. The largest absolute Gasteiger partial charge is 0.383 e. The normalized spacial score (nSPS) is 30.0. The van der Waals surface area contributed by atoms with Crippen LogP contribution in [0.5, 0.6) is 0 Å². The highest BCUT2D eigenvalue weighted by molar-refractivity contribution is 5.74. The van der Waals surface area contributed by atoms with Crippen LogP contribution >= 0.6 is 0 Å². The molecule has 3 atom stereocenters. The van der Waals surface area contributed by atoms with Gasteiger partial charge in [0.2, 0.25) is 0 Å². The van der Waals surface area contributed by atoms with Crippen molar-refractivity contribution >= 4 is 6.03 Å². The number of hydrogen-bond acceptors (Lipinski definition) is 3. The molecule has 2 heterocycles. The van der Waals surface area contributed by atoms with Crippen molar-refractivity contribution in [1.82, 2.24) is 15.1 Å². The molecule has 2 saturated heterocycles. The molecular formula is C22H33N3O2. The Morgan fingerprint density at radius 2 is 1.89 bits per heavy atom. The van der Waals surface area contributed by atoms with Gasteiger partial charge in [-0.3, -0.25) is 4.90 Å². The Labute approximate surface area is 163 Å². The Bertz CT molecular complexity index is 651. The Morgan fingerprint density at radius 1 is 1.19 bits per heavy atom. The highest BCUT2D eigenvalue weighted by atomic mass is 16.5. The molecule has 0 radical (unpaired) electrons. The van der Waals surface area contributed by atoms with Gasteiger partial charge >= 0.3 is 6.03 Å². The van der Waals surface area contributed by atoms with E-state index in [0.717, 1.165) is 45.3 Å². The van der Waals surface area contributed by atoms with Crippen molar-refractivity contribution in [2.45, 2.75) is 69.1 Å². The van der Waals surface area contributed by atoms with Crippen LogP contribution in [-0.2, 0) is 17.6 Å². The number of fused-ring (bicyclic) bond motifs is 3. The fourth-order valence-electron chi connectivity index (χ4n) is 5.39. The third-order valence-electron chi connectivity index (χ3n) is 6.96. The van der Waals surface area contributed by atoms with E-state index in [4.69, 9.17) is 4.74 Å². The summed E-state index contributed by atoms with van der Waals surface area (Å²) in [6.07, 6.45) is 7.77. The zero-order valence-electron chi connectivity index (χ0n) is 16.7. The first-order chi connectivity index (χ1) is 13.2. The topological polar surface area (TPSA) is 44.8 Å². The van der Waals surface area contributed by atoms with Crippen molar-refractivity contribution in [3.05, 3.63) is 35.4 Å². The molecule has 3 aliphatic rings. The molecule has 1 N–H and O–H groups in total. The van der Waals surface area contributed by atoms with E-state index >= 15 is 0 Å². The molecule has 0 aromatic heterocycles. The number of nitrogens with zero attached hydrogens (tertiary/aromatic N) is 2. The number of amides is 2. The number of hydrogen-bond donors (Lipinski definition) is 1. The fourth-order valence-corrected chi connectivity index (χ4v) is 5.39. The van der Waals surface area contributed by atoms with Crippen LogP contribution in [0, 0.1) is 0 Å². The molecule has 4 rings (SSSR count). The van der Waals surface area contributed by atoms with Gasteiger partial charge in [-0.1, -0.05) is 24.3 Å². The molecule has 148 valence electrons. The summed E-state index contributed by atoms with van der Waals surface area (Å²) in [6.45, 7) is 1.83. The molecule has 1 aromatic carbocycles. The smallest absolute Gasteiger partial charge is 0.317 e. The molecule has 2 amide bonds. The molecular weight excluding hydrogens is 338 g/mol. The molecule has 2 fully saturated rings. The van der Waals surface area contributed by atoms with Gasteiger partial charge in [-0.2, -0.15) is 0 Å². The van der Waals surface area contributed by atoms with Crippen molar-refractivity contribution in [2.75, 3.05) is 27.3 Å². The van der Waals surface area contributed by atoms with Gasteiger partial charge in [-0.05, 0) is 56.1 Å². The number of aryl methyl sites for hydroxylation is 1. The Kier molecular flexibility index (Phi) is 5.69. The predicted octanol–water partition coefficient (Wildman–Crippen LogP) is 2.83. The fraction of sp³-hybridized carbons (Fsp3) is 0.682. The lowest BCUT2D eigenvalue weighted by Crippen LogP contribution is -2.54. The summed E-state index contributed by atoms with van der Waals surface area (Å²) in [7, 11) is 3.76. The van der Waals surface area contributed by atoms with E-state index < -0.39 is 0 Å². The van der Waals surface area contributed by atoms with Gasteiger partial charge in [0, 0.05) is 44.9 Å². The number of carbonyl (C=O) groups is 1. The zero-order valence-corrected chi connectivity index (χ0v) is 16.7. The van der Waals surface area contributed by atoms with Crippen LogP contribution in [0.3, 0.4) is 0 Å². The second kappa shape index (κ2) is 8.19. The molecule has 27 heavy (non-hydrogen) atoms. The van der Waals surface area contributed by atoms with Gasteiger partial charge in [-0.15, -0.1) is 0 Å². The van der Waals surface area contributed by atoms with Gasteiger partial charge in [0.15, 0.2) is 0 Å². The number of piperidine rings is 1. The van der Waals surface area contributed by atoms with Crippen LogP contribution in [0.4, 0.5) is 4.79 Å². The third kappa shape index (κ3) is 3.99. The quantitative estimate of drug-likeness (QED) is 0.866. The summed E-state index contributed by atoms with van der Waals surface area (Å²) >= 11 is 0. The molecule has 1 aromatic rings. The standard InChI is InChI=1S/C22H33N3O2/c1-24(21-14-19-9-10-20(15-21)25(19)11-12-27-2)22(26)23-18-8-7-16-5-3-4-6-17(16)13-18/h3-6,18-21H,7-15H2,1-2H3,(H,23,26). The number of benzene rings is 1. The van der Waals surface area contributed by atoms with Crippen LogP contribution in [0.25, 0.3) is 0 Å². The minimum atomic E-state index is 0.106. The molecule has 0 saturated carbocycles. The van der Waals surface area contributed by atoms with Crippen LogP contribution in [-0.4, -0.2) is 67.3 Å². The van der Waals surface area contributed by atoms with Crippen LogP contribution in [0.1, 0.15) is 43.2 Å². The number of rotatable bonds is 5. The first-order valence-electron chi connectivity index (χ1n) is 10.5. The lowest BCUT2D eigenvalue weighted by Gasteiger charge is -2.42. The van der Waals surface area contributed by atoms with Crippen molar-refractivity contribution in [2.24, 2.45) is 0 Å². The maximum atomic E-state index is 12.9. The summed E-state index contributed by atoms with van der Waals surface area (Å²) < 4.78 is 5.27.